The average molecular weight is 615 g/mol. The SMILES string of the molecule is COC[C@H]1O[C@H](C)[C@H](OC)[C@@H](OC)[C@@H]1OC.I[I-]I. The molecular weight excluding hydrogens is 593 g/mol. The first-order valence-electron chi connectivity index (χ1n) is 5.70. The van der Waals surface area contributed by atoms with Crippen LogP contribution in [0.3, 0.4) is 0 Å². The number of halogens is 3. The summed E-state index contributed by atoms with van der Waals surface area (Å²) in [5.41, 5.74) is 0. The molecule has 0 amide bonds. The number of ether oxygens (including phenoxy) is 5. The van der Waals surface area contributed by atoms with Crippen LogP contribution in [0.1, 0.15) is 6.92 Å². The fourth-order valence-electron chi connectivity index (χ4n) is 2.27. The van der Waals surface area contributed by atoms with Crippen molar-refractivity contribution in [2.75, 3.05) is 35.0 Å². The third-order valence-electron chi connectivity index (χ3n) is 3.01. The monoisotopic (exact) mass is 615 g/mol. The van der Waals surface area contributed by atoms with Crippen LogP contribution in [0.15, 0.2) is 0 Å². The Kier molecular flexibility index (Phi) is 13.8. The second-order valence-electron chi connectivity index (χ2n) is 3.99. The molecule has 1 aliphatic heterocycles. The third kappa shape index (κ3) is 6.74. The minimum atomic E-state index is -0.175. The summed E-state index contributed by atoms with van der Waals surface area (Å²) in [6, 6.07) is 0. The Labute approximate surface area is 145 Å². The second-order valence-corrected chi connectivity index (χ2v) is 20.2. The van der Waals surface area contributed by atoms with Crippen LogP contribution in [-0.2, 0) is 23.7 Å². The summed E-state index contributed by atoms with van der Waals surface area (Å²) in [4.78, 5) is 0. The number of methoxy groups -OCH3 is 4. The van der Waals surface area contributed by atoms with Crippen molar-refractivity contribution >= 4 is 37.2 Å². The summed E-state index contributed by atoms with van der Waals surface area (Å²) >= 11 is 5.30. The van der Waals surface area contributed by atoms with Crippen LogP contribution in [0.4, 0.5) is 0 Å². The molecule has 0 aromatic carbocycles. The molecule has 19 heavy (non-hydrogen) atoms. The van der Waals surface area contributed by atoms with Crippen LogP contribution in [0.5, 0.6) is 0 Å². The first-order chi connectivity index (χ1) is 9.10. The van der Waals surface area contributed by atoms with Crippen LogP contribution in [0, 0.1) is 0 Å². The van der Waals surface area contributed by atoms with Crippen LogP contribution in [-0.4, -0.2) is 65.6 Å². The van der Waals surface area contributed by atoms with Gasteiger partial charge in [-0.15, -0.1) is 0 Å². The van der Waals surface area contributed by atoms with Gasteiger partial charge in [-0.1, -0.05) is 0 Å². The van der Waals surface area contributed by atoms with Gasteiger partial charge in [-0.25, -0.2) is 0 Å². The summed E-state index contributed by atoms with van der Waals surface area (Å²) in [6.45, 7) is 2.45. The van der Waals surface area contributed by atoms with E-state index in [1.54, 1.807) is 28.4 Å². The average Bonchev–Trinajstić information content (AvgIpc) is 2.39. The molecule has 118 valence electrons. The predicted octanol–water partition coefficient (Wildman–Crippen LogP) is -0.759. The van der Waals surface area contributed by atoms with E-state index < -0.39 is 0 Å². The molecule has 0 unspecified atom stereocenters. The standard InChI is InChI=1S/C11H22O5.I3/c1-7-9(13-3)11(15-5)10(14-4)8(16-7)6-12-2;1-3-2/h7-11H,6H2,1-5H3;/q;-1/t7-,8-,9+,10-,11-;/m1./s1. The van der Waals surface area contributed by atoms with Crippen molar-refractivity contribution in [1.82, 2.24) is 0 Å². The van der Waals surface area contributed by atoms with Gasteiger partial charge in [-0.05, 0) is 6.92 Å². The van der Waals surface area contributed by atoms with Gasteiger partial charge in [0.2, 0.25) is 0 Å². The predicted molar refractivity (Wildman–Crippen MR) is 86.6 cm³/mol. The quantitative estimate of drug-likeness (QED) is 0.382. The molecule has 0 aliphatic carbocycles. The van der Waals surface area contributed by atoms with Gasteiger partial charge in [0.25, 0.3) is 0 Å². The fraction of sp³-hybridized carbons (Fsp3) is 1.00. The van der Waals surface area contributed by atoms with Gasteiger partial charge in [0.15, 0.2) is 0 Å². The number of hydrogen-bond acceptors (Lipinski definition) is 5. The van der Waals surface area contributed by atoms with Gasteiger partial charge in [0.1, 0.15) is 24.4 Å². The molecule has 0 N–H and O–H groups in total. The van der Waals surface area contributed by atoms with E-state index in [0.29, 0.717) is 19.9 Å². The normalized spacial score (nSPS) is 34.8. The maximum atomic E-state index is 5.81. The second kappa shape index (κ2) is 12.5. The van der Waals surface area contributed by atoms with Crippen molar-refractivity contribution in [2.24, 2.45) is 0 Å². The van der Waals surface area contributed by atoms with E-state index >= 15 is 0 Å². The van der Waals surface area contributed by atoms with Gasteiger partial charge < -0.3 is 23.7 Å². The molecule has 1 rings (SSSR count). The van der Waals surface area contributed by atoms with Crippen LogP contribution >= 0.6 is 37.2 Å². The Balaban J connectivity index is 0.000000982. The topological polar surface area (TPSA) is 46.2 Å². The molecule has 0 radical (unpaired) electrons. The minimum absolute atomic E-state index is 0.0403. The van der Waals surface area contributed by atoms with Crippen molar-refractivity contribution in [3.63, 3.8) is 0 Å². The van der Waals surface area contributed by atoms with E-state index in [2.05, 4.69) is 37.2 Å². The van der Waals surface area contributed by atoms with Crippen molar-refractivity contribution < 1.29 is 36.9 Å². The van der Waals surface area contributed by atoms with E-state index in [1.165, 1.54) is 0 Å². The van der Waals surface area contributed by atoms with Gasteiger partial charge in [-0.2, -0.15) is 0 Å². The van der Waals surface area contributed by atoms with Gasteiger partial charge >= 0.3 is 50.5 Å². The van der Waals surface area contributed by atoms with E-state index in [4.69, 9.17) is 23.7 Å². The fourth-order valence-corrected chi connectivity index (χ4v) is 2.27. The van der Waals surface area contributed by atoms with E-state index in [9.17, 15) is 0 Å². The van der Waals surface area contributed by atoms with Crippen LogP contribution < -0.4 is 13.3 Å². The Morgan fingerprint density at radius 1 is 0.947 bits per heavy atom. The molecule has 1 fully saturated rings. The van der Waals surface area contributed by atoms with Crippen molar-refractivity contribution in [1.29, 1.82) is 0 Å². The van der Waals surface area contributed by atoms with E-state index in [0.717, 1.165) is 0 Å². The van der Waals surface area contributed by atoms with E-state index in [-0.39, 0.29) is 30.5 Å². The first kappa shape index (κ1) is 21.0. The molecule has 8 heteroatoms. The molecule has 0 saturated carbocycles. The molecule has 0 bridgehead atoms. The van der Waals surface area contributed by atoms with Crippen molar-refractivity contribution in [3.8, 4) is 0 Å². The van der Waals surface area contributed by atoms with Crippen LogP contribution in [0.25, 0.3) is 0 Å². The van der Waals surface area contributed by atoms with Gasteiger partial charge in [0.05, 0.1) is 12.7 Å². The Morgan fingerprint density at radius 2 is 1.42 bits per heavy atom. The molecule has 1 aliphatic rings. The number of hydrogen-bond donors (Lipinski definition) is 0. The molecule has 5 atom stereocenters. The van der Waals surface area contributed by atoms with Crippen molar-refractivity contribution in [3.05, 3.63) is 0 Å². The summed E-state index contributed by atoms with van der Waals surface area (Å²) in [7, 11) is 6.60. The Hall–Kier alpha value is 1.99. The summed E-state index contributed by atoms with van der Waals surface area (Å²) in [5, 5.41) is 0. The van der Waals surface area contributed by atoms with Crippen LogP contribution in [0.2, 0.25) is 0 Å². The van der Waals surface area contributed by atoms with Gasteiger partial charge in [0, 0.05) is 28.4 Å². The molecule has 1 saturated heterocycles. The zero-order chi connectivity index (χ0) is 14.8. The molecule has 0 aromatic rings. The zero-order valence-electron chi connectivity index (χ0n) is 11.8. The molecule has 5 nitrogen and oxygen atoms in total. The molecular formula is C11H22I3O5-. The number of rotatable bonds is 5. The summed E-state index contributed by atoms with van der Waals surface area (Å²) in [6.07, 6.45) is -0.601. The van der Waals surface area contributed by atoms with E-state index in [1.807, 2.05) is 6.92 Å². The summed E-state index contributed by atoms with van der Waals surface area (Å²) < 4.78 is 27.2. The third-order valence-corrected chi connectivity index (χ3v) is 3.01. The molecule has 1 heterocycles. The molecule has 0 spiro atoms. The Morgan fingerprint density at radius 3 is 1.79 bits per heavy atom. The first-order valence-corrected chi connectivity index (χ1v) is 18.3. The zero-order valence-corrected chi connectivity index (χ0v) is 18.2. The van der Waals surface area contributed by atoms with Crippen molar-refractivity contribution in [2.45, 2.75) is 37.4 Å². The molecule has 0 aromatic heterocycles. The maximum absolute atomic E-state index is 5.81. The summed E-state index contributed by atoms with van der Waals surface area (Å²) in [5.74, 6) is 0. The Bertz CT molecular complexity index is 223. The van der Waals surface area contributed by atoms with Gasteiger partial charge in [-0.3, -0.25) is 0 Å².